The van der Waals surface area contributed by atoms with Gasteiger partial charge in [0.1, 0.15) is 13.2 Å². The molecule has 202 valence electrons. The molecule has 0 aliphatic heterocycles. The van der Waals surface area contributed by atoms with Gasteiger partial charge in [-0.3, -0.25) is 0 Å². The van der Waals surface area contributed by atoms with E-state index in [-0.39, 0.29) is 0 Å². The lowest BCUT2D eigenvalue weighted by Gasteiger charge is -2.22. The van der Waals surface area contributed by atoms with E-state index in [0.717, 1.165) is 42.3 Å². The maximum absolute atomic E-state index is 6.22. The van der Waals surface area contributed by atoms with Gasteiger partial charge in [0.2, 0.25) is 0 Å². The van der Waals surface area contributed by atoms with E-state index in [4.69, 9.17) is 9.47 Å². The van der Waals surface area contributed by atoms with Crippen LogP contribution in [0.5, 0.6) is 11.5 Å². The highest BCUT2D eigenvalue weighted by atomic mass is 16.5. The summed E-state index contributed by atoms with van der Waals surface area (Å²) >= 11 is 0. The van der Waals surface area contributed by atoms with E-state index >= 15 is 0 Å². The van der Waals surface area contributed by atoms with Gasteiger partial charge in [0.05, 0.1) is 0 Å². The molecular formula is C33H48N2O2. The maximum Gasteiger partial charge on any atom is 0.162 e. The predicted octanol–water partition coefficient (Wildman–Crippen LogP) is 7.86. The molecule has 0 amide bonds. The fourth-order valence-electron chi connectivity index (χ4n) is 3.93. The van der Waals surface area contributed by atoms with Crippen LogP contribution < -0.4 is 14.8 Å². The molecule has 4 nitrogen and oxygen atoms in total. The summed E-state index contributed by atoms with van der Waals surface area (Å²) in [7, 11) is 0. The van der Waals surface area contributed by atoms with Crippen LogP contribution in [0.4, 0.5) is 0 Å². The van der Waals surface area contributed by atoms with E-state index in [1.807, 2.05) is 56.3 Å². The first-order valence-electron chi connectivity index (χ1n) is 14.2. The number of hydrogen-bond donors (Lipinski definition) is 1. The van der Waals surface area contributed by atoms with Crippen LogP contribution in [0.1, 0.15) is 70.1 Å². The Bertz CT molecular complexity index is 939. The summed E-state index contributed by atoms with van der Waals surface area (Å²) < 4.78 is 12.4. The molecule has 0 fully saturated rings. The molecule has 4 heteroatoms. The molecule has 3 aromatic rings. The highest BCUT2D eigenvalue weighted by Crippen LogP contribution is 2.30. The van der Waals surface area contributed by atoms with Gasteiger partial charge in [0, 0.05) is 19.6 Å². The van der Waals surface area contributed by atoms with Crippen LogP contribution >= 0.6 is 0 Å². The number of benzene rings is 3. The van der Waals surface area contributed by atoms with E-state index in [9.17, 15) is 0 Å². The third-order valence-corrected chi connectivity index (χ3v) is 6.07. The highest BCUT2D eigenvalue weighted by Gasteiger charge is 2.09. The maximum atomic E-state index is 6.22. The van der Waals surface area contributed by atoms with E-state index in [0.29, 0.717) is 13.2 Å². The second kappa shape index (κ2) is 19.3. The van der Waals surface area contributed by atoms with E-state index < -0.39 is 0 Å². The topological polar surface area (TPSA) is 33.7 Å². The molecule has 0 saturated carbocycles. The molecule has 0 atom stereocenters. The predicted molar refractivity (Wildman–Crippen MR) is 157 cm³/mol. The summed E-state index contributed by atoms with van der Waals surface area (Å²) in [6.45, 7) is 14.9. The van der Waals surface area contributed by atoms with Crippen molar-refractivity contribution in [1.29, 1.82) is 0 Å². The van der Waals surface area contributed by atoms with Crippen molar-refractivity contribution in [1.82, 2.24) is 10.2 Å². The standard InChI is InChI=1S/C31H42N2O2.C2H6/c1-3-5-20-33(21-6-4-2)22-19-32-24-29-17-18-30(34-25-27-13-9-7-10-14-27)31(23-29)35-26-28-15-11-8-12-16-28;1-2/h7-18,23,32H,3-6,19-22,24-26H2,1-2H3;1-2H3. The molecule has 0 aromatic heterocycles. The molecular weight excluding hydrogens is 456 g/mol. The van der Waals surface area contributed by atoms with Crippen molar-refractivity contribution in [2.45, 2.75) is 73.1 Å². The first-order chi connectivity index (χ1) is 18.3. The van der Waals surface area contributed by atoms with E-state index in [1.165, 1.54) is 44.3 Å². The van der Waals surface area contributed by atoms with Crippen LogP contribution in [0.15, 0.2) is 78.9 Å². The Hall–Kier alpha value is -2.82. The summed E-state index contributed by atoms with van der Waals surface area (Å²) in [4.78, 5) is 2.59. The minimum Gasteiger partial charge on any atom is -0.485 e. The molecule has 3 rings (SSSR count). The Kier molecular flexibility index (Phi) is 15.9. The highest BCUT2D eigenvalue weighted by molar-refractivity contribution is 5.43. The first kappa shape index (κ1) is 30.4. The van der Waals surface area contributed by atoms with Gasteiger partial charge in [-0.15, -0.1) is 0 Å². The molecule has 3 aromatic carbocycles. The Morgan fingerprint density at radius 1 is 0.622 bits per heavy atom. The zero-order valence-electron chi connectivity index (χ0n) is 23.5. The van der Waals surface area contributed by atoms with Crippen molar-refractivity contribution in [2.75, 3.05) is 26.2 Å². The zero-order chi connectivity index (χ0) is 26.6. The number of ether oxygens (including phenoxy) is 2. The molecule has 0 bridgehead atoms. The lowest BCUT2D eigenvalue weighted by Crippen LogP contribution is -2.33. The fourth-order valence-corrected chi connectivity index (χ4v) is 3.93. The van der Waals surface area contributed by atoms with Crippen molar-refractivity contribution in [2.24, 2.45) is 0 Å². The molecule has 0 heterocycles. The monoisotopic (exact) mass is 504 g/mol. The molecule has 1 N–H and O–H groups in total. The number of rotatable bonds is 17. The average molecular weight is 505 g/mol. The molecule has 0 radical (unpaired) electrons. The van der Waals surface area contributed by atoms with Crippen LogP contribution in [0.2, 0.25) is 0 Å². The normalized spacial score (nSPS) is 10.6. The van der Waals surface area contributed by atoms with Gasteiger partial charge in [-0.2, -0.15) is 0 Å². The summed E-state index contributed by atoms with van der Waals surface area (Å²) in [5.41, 5.74) is 3.49. The lowest BCUT2D eigenvalue weighted by molar-refractivity contribution is 0.255. The second-order valence-electron chi connectivity index (χ2n) is 9.06. The first-order valence-corrected chi connectivity index (χ1v) is 14.2. The number of nitrogens with one attached hydrogen (secondary N) is 1. The minimum absolute atomic E-state index is 0.517. The number of nitrogens with zero attached hydrogens (tertiary/aromatic N) is 1. The van der Waals surface area contributed by atoms with Crippen LogP contribution in [0.25, 0.3) is 0 Å². The third-order valence-electron chi connectivity index (χ3n) is 6.07. The van der Waals surface area contributed by atoms with E-state index in [1.54, 1.807) is 0 Å². The van der Waals surface area contributed by atoms with Crippen molar-refractivity contribution in [3.05, 3.63) is 95.6 Å². The van der Waals surface area contributed by atoms with Gasteiger partial charge in [-0.05, 0) is 54.8 Å². The van der Waals surface area contributed by atoms with Gasteiger partial charge in [0.25, 0.3) is 0 Å². The van der Waals surface area contributed by atoms with E-state index in [2.05, 4.69) is 60.5 Å². The Balaban J connectivity index is 0.00000235. The van der Waals surface area contributed by atoms with Gasteiger partial charge in [-0.1, -0.05) is 107 Å². The Morgan fingerprint density at radius 2 is 1.16 bits per heavy atom. The summed E-state index contributed by atoms with van der Waals surface area (Å²) in [6, 6.07) is 26.8. The molecule has 0 saturated heterocycles. The minimum atomic E-state index is 0.517. The lowest BCUT2D eigenvalue weighted by atomic mass is 10.2. The summed E-state index contributed by atoms with van der Waals surface area (Å²) in [5, 5.41) is 3.63. The summed E-state index contributed by atoms with van der Waals surface area (Å²) in [5.74, 6) is 1.57. The van der Waals surface area contributed by atoms with Crippen LogP contribution in [-0.2, 0) is 19.8 Å². The molecule has 0 spiro atoms. The third kappa shape index (κ3) is 12.3. The van der Waals surface area contributed by atoms with Gasteiger partial charge in [0.15, 0.2) is 11.5 Å². The largest absolute Gasteiger partial charge is 0.485 e. The van der Waals surface area contributed by atoms with Crippen LogP contribution in [-0.4, -0.2) is 31.1 Å². The number of hydrogen-bond acceptors (Lipinski definition) is 4. The second-order valence-corrected chi connectivity index (χ2v) is 9.06. The molecule has 0 aliphatic carbocycles. The summed E-state index contributed by atoms with van der Waals surface area (Å²) in [6.07, 6.45) is 5.05. The SMILES string of the molecule is CC.CCCCN(CCCC)CCNCc1ccc(OCc2ccccc2)c(OCc2ccccc2)c1. The van der Waals surface area contributed by atoms with Crippen molar-refractivity contribution >= 4 is 0 Å². The Labute approximate surface area is 226 Å². The van der Waals surface area contributed by atoms with Crippen molar-refractivity contribution in [3.63, 3.8) is 0 Å². The van der Waals surface area contributed by atoms with Gasteiger partial charge in [-0.25, -0.2) is 0 Å². The Morgan fingerprint density at radius 3 is 1.70 bits per heavy atom. The van der Waals surface area contributed by atoms with Gasteiger partial charge >= 0.3 is 0 Å². The average Bonchev–Trinajstić information content (AvgIpc) is 2.96. The van der Waals surface area contributed by atoms with Crippen molar-refractivity contribution in [3.8, 4) is 11.5 Å². The molecule has 37 heavy (non-hydrogen) atoms. The quantitative estimate of drug-likeness (QED) is 0.190. The van der Waals surface area contributed by atoms with Gasteiger partial charge < -0.3 is 19.7 Å². The fraction of sp³-hybridized carbons (Fsp3) is 0.455. The van der Waals surface area contributed by atoms with Crippen molar-refractivity contribution < 1.29 is 9.47 Å². The van der Waals surface area contributed by atoms with Crippen LogP contribution in [0, 0.1) is 0 Å². The molecule has 0 aliphatic rings. The molecule has 0 unspecified atom stereocenters. The zero-order valence-corrected chi connectivity index (χ0v) is 23.5. The number of unbranched alkanes of at least 4 members (excludes halogenated alkanes) is 2. The van der Waals surface area contributed by atoms with Crippen LogP contribution in [0.3, 0.4) is 0 Å². The smallest absolute Gasteiger partial charge is 0.162 e.